The van der Waals surface area contributed by atoms with Crippen LogP contribution in [-0.4, -0.2) is 42.4 Å². The van der Waals surface area contributed by atoms with Gasteiger partial charge in [-0.15, -0.1) is 12.4 Å². The second-order valence-corrected chi connectivity index (χ2v) is 7.24. The summed E-state index contributed by atoms with van der Waals surface area (Å²) in [5, 5.41) is 10.1. The Morgan fingerprint density at radius 3 is 2.30 bits per heavy atom. The van der Waals surface area contributed by atoms with Gasteiger partial charge >= 0.3 is 0 Å². The lowest BCUT2D eigenvalue weighted by Crippen LogP contribution is -2.44. The van der Waals surface area contributed by atoms with Crippen LogP contribution in [0.5, 0.6) is 5.75 Å². The summed E-state index contributed by atoms with van der Waals surface area (Å²) < 4.78 is 32.7. The highest BCUT2D eigenvalue weighted by Gasteiger charge is 2.24. The molecule has 7 heteroatoms. The monoisotopic (exact) mass is 413 g/mol. The van der Waals surface area contributed by atoms with Gasteiger partial charge in [0.05, 0.1) is 0 Å². The third-order valence-corrected chi connectivity index (χ3v) is 4.25. The van der Waals surface area contributed by atoms with Gasteiger partial charge < -0.3 is 14.7 Å². The fourth-order valence-electron chi connectivity index (χ4n) is 3.14. The Balaban J connectivity index is 0.00000264. The highest BCUT2D eigenvalue weighted by atomic mass is 79.9. The molecule has 0 aliphatic carbocycles. The van der Waals surface area contributed by atoms with E-state index in [1.165, 1.54) is 6.42 Å². The highest BCUT2D eigenvalue weighted by Crippen LogP contribution is 2.26. The molecule has 0 spiro atoms. The average Bonchev–Trinajstić information content (AvgIpc) is 2.35. The Labute approximate surface area is 150 Å². The molecule has 0 bridgehead atoms. The number of hydrogen-bond acceptors (Lipinski definition) is 3. The van der Waals surface area contributed by atoms with Crippen molar-refractivity contribution in [2.75, 3.05) is 26.2 Å². The number of aliphatic hydroxyl groups excluding tert-OH is 1. The van der Waals surface area contributed by atoms with Gasteiger partial charge in [-0.1, -0.05) is 29.8 Å². The van der Waals surface area contributed by atoms with Crippen molar-refractivity contribution >= 4 is 28.3 Å². The number of aliphatic hydroxyl groups is 1. The Hall–Kier alpha value is -0.430. The fourth-order valence-corrected chi connectivity index (χ4v) is 3.54. The molecule has 0 aromatic heterocycles. The molecule has 1 heterocycles. The van der Waals surface area contributed by atoms with E-state index in [0.717, 1.165) is 25.2 Å². The maximum atomic E-state index is 13.6. The minimum Gasteiger partial charge on any atom is -0.485 e. The number of halogens is 4. The van der Waals surface area contributed by atoms with Crippen LogP contribution in [0.2, 0.25) is 0 Å². The second kappa shape index (κ2) is 9.16. The normalized spacial score (nSPS) is 23.2. The lowest BCUT2D eigenvalue weighted by molar-refractivity contribution is 0.0410. The number of piperidine rings is 1. The molecular formula is C16H23BrClF2NO2. The number of β-amino-alcohol motifs (C(OH)–C–C–N with tert-alkyl or cyclic N) is 1. The first kappa shape index (κ1) is 20.6. The van der Waals surface area contributed by atoms with Crippen LogP contribution in [0, 0.1) is 23.5 Å². The summed E-state index contributed by atoms with van der Waals surface area (Å²) in [6.07, 6.45) is 0.415. The number of rotatable bonds is 5. The fraction of sp³-hybridized carbons (Fsp3) is 0.625. The standard InChI is InChI=1S/C16H22BrF2NO2.ClH/c1-10-3-11(2)7-20(6-10)8-13(21)9-22-16-14(18)4-12(17)5-15(16)19;/h4-5,10-11,13,21H,3,6-9H2,1-2H3;1H. The van der Waals surface area contributed by atoms with Gasteiger partial charge in [0.2, 0.25) is 0 Å². The summed E-state index contributed by atoms with van der Waals surface area (Å²) in [6.45, 7) is 6.57. The van der Waals surface area contributed by atoms with Crippen molar-refractivity contribution in [3.63, 3.8) is 0 Å². The number of benzene rings is 1. The van der Waals surface area contributed by atoms with Gasteiger partial charge in [0, 0.05) is 24.1 Å². The van der Waals surface area contributed by atoms with Crippen molar-refractivity contribution in [2.24, 2.45) is 11.8 Å². The molecule has 0 radical (unpaired) electrons. The van der Waals surface area contributed by atoms with Crippen LogP contribution in [0.3, 0.4) is 0 Å². The molecule has 1 N–H and O–H groups in total. The van der Waals surface area contributed by atoms with Crippen LogP contribution in [0.25, 0.3) is 0 Å². The van der Waals surface area contributed by atoms with Crippen LogP contribution < -0.4 is 4.74 Å². The molecule has 3 unspecified atom stereocenters. The molecule has 1 aromatic rings. The summed E-state index contributed by atoms with van der Waals surface area (Å²) in [7, 11) is 0. The number of hydrogen-bond donors (Lipinski definition) is 1. The minimum absolute atomic E-state index is 0. The van der Waals surface area contributed by atoms with Gasteiger partial charge in [0.15, 0.2) is 17.4 Å². The maximum Gasteiger partial charge on any atom is 0.190 e. The van der Waals surface area contributed by atoms with Crippen LogP contribution in [0.1, 0.15) is 20.3 Å². The van der Waals surface area contributed by atoms with Crippen molar-refractivity contribution in [1.82, 2.24) is 4.90 Å². The number of ether oxygens (including phenoxy) is 1. The smallest absolute Gasteiger partial charge is 0.190 e. The summed E-state index contributed by atoms with van der Waals surface area (Å²) in [5.41, 5.74) is 0. The summed E-state index contributed by atoms with van der Waals surface area (Å²) in [6, 6.07) is 2.28. The SMILES string of the molecule is CC1CC(C)CN(CC(O)COc2c(F)cc(Br)cc2F)C1.Cl. The summed E-state index contributed by atoms with van der Waals surface area (Å²) >= 11 is 3.01. The van der Waals surface area contributed by atoms with Crippen molar-refractivity contribution in [1.29, 1.82) is 0 Å². The molecule has 2 rings (SSSR count). The Morgan fingerprint density at radius 2 is 1.78 bits per heavy atom. The van der Waals surface area contributed by atoms with Crippen molar-refractivity contribution < 1.29 is 18.6 Å². The third-order valence-electron chi connectivity index (χ3n) is 3.80. The molecule has 1 aliphatic heterocycles. The van der Waals surface area contributed by atoms with E-state index in [4.69, 9.17) is 4.74 Å². The van der Waals surface area contributed by atoms with Crippen LogP contribution in [-0.2, 0) is 0 Å². The van der Waals surface area contributed by atoms with E-state index in [9.17, 15) is 13.9 Å². The molecule has 3 nitrogen and oxygen atoms in total. The highest BCUT2D eigenvalue weighted by molar-refractivity contribution is 9.10. The molecular weight excluding hydrogens is 392 g/mol. The predicted octanol–water partition coefficient (Wildman–Crippen LogP) is 3.87. The quantitative estimate of drug-likeness (QED) is 0.794. The topological polar surface area (TPSA) is 32.7 Å². The minimum atomic E-state index is -0.778. The molecule has 0 saturated carbocycles. The lowest BCUT2D eigenvalue weighted by Gasteiger charge is -2.35. The van der Waals surface area contributed by atoms with Gasteiger partial charge in [-0.05, 0) is 30.4 Å². The Bertz CT molecular complexity index is 488. The molecule has 3 atom stereocenters. The Kier molecular flexibility index (Phi) is 8.21. The second-order valence-electron chi connectivity index (χ2n) is 6.33. The van der Waals surface area contributed by atoms with E-state index in [2.05, 4.69) is 34.7 Å². The molecule has 1 fully saturated rings. The number of nitrogens with zero attached hydrogens (tertiary/aromatic N) is 1. The van der Waals surface area contributed by atoms with E-state index < -0.39 is 23.5 Å². The molecule has 132 valence electrons. The summed E-state index contributed by atoms with van der Waals surface area (Å²) in [5.74, 6) is -0.808. The zero-order valence-electron chi connectivity index (χ0n) is 13.3. The zero-order chi connectivity index (χ0) is 16.3. The van der Waals surface area contributed by atoms with E-state index >= 15 is 0 Å². The first-order valence-corrected chi connectivity index (χ1v) is 8.32. The van der Waals surface area contributed by atoms with Gasteiger partial charge in [-0.2, -0.15) is 0 Å². The van der Waals surface area contributed by atoms with Gasteiger partial charge in [0.25, 0.3) is 0 Å². The molecule has 1 aromatic carbocycles. The van der Waals surface area contributed by atoms with Gasteiger partial charge in [-0.3, -0.25) is 0 Å². The Morgan fingerprint density at radius 1 is 1.26 bits per heavy atom. The third kappa shape index (κ3) is 6.18. The largest absolute Gasteiger partial charge is 0.485 e. The van der Waals surface area contributed by atoms with Crippen molar-refractivity contribution in [2.45, 2.75) is 26.4 Å². The number of likely N-dealkylation sites (tertiary alicyclic amines) is 1. The van der Waals surface area contributed by atoms with E-state index in [-0.39, 0.29) is 19.0 Å². The van der Waals surface area contributed by atoms with Crippen LogP contribution in [0.15, 0.2) is 16.6 Å². The van der Waals surface area contributed by atoms with Gasteiger partial charge in [-0.25, -0.2) is 8.78 Å². The maximum absolute atomic E-state index is 13.6. The molecule has 1 saturated heterocycles. The van der Waals surface area contributed by atoms with Crippen LogP contribution in [0.4, 0.5) is 8.78 Å². The molecule has 1 aliphatic rings. The van der Waals surface area contributed by atoms with Crippen molar-refractivity contribution in [3.8, 4) is 5.75 Å². The van der Waals surface area contributed by atoms with E-state index in [1.807, 2.05) is 0 Å². The van der Waals surface area contributed by atoms with E-state index in [1.54, 1.807) is 0 Å². The lowest BCUT2D eigenvalue weighted by atomic mass is 9.92. The molecule has 0 amide bonds. The van der Waals surface area contributed by atoms with Crippen LogP contribution >= 0.6 is 28.3 Å². The first-order valence-electron chi connectivity index (χ1n) is 7.53. The van der Waals surface area contributed by atoms with Crippen molar-refractivity contribution in [3.05, 3.63) is 28.2 Å². The average molecular weight is 415 g/mol. The first-order chi connectivity index (χ1) is 10.3. The van der Waals surface area contributed by atoms with E-state index in [0.29, 0.717) is 22.9 Å². The summed E-state index contributed by atoms with van der Waals surface area (Å²) in [4.78, 5) is 2.18. The van der Waals surface area contributed by atoms with Gasteiger partial charge in [0.1, 0.15) is 12.7 Å². The predicted molar refractivity (Wildman–Crippen MR) is 92.2 cm³/mol. The molecule has 23 heavy (non-hydrogen) atoms. The zero-order valence-corrected chi connectivity index (χ0v) is 15.7.